The smallest absolute Gasteiger partial charge is 0.240 e. The maximum atomic E-state index is 12.4. The molecule has 1 aromatic rings. The second kappa shape index (κ2) is 7.05. The third-order valence-electron chi connectivity index (χ3n) is 3.52. The van der Waals surface area contributed by atoms with Gasteiger partial charge in [-0.15, -0.1) is 0 Å². The van der Waals surface area contributed by atoms with Gasteiger partial charge < -0.3 is 9.84 Å². The number of sulfonamides is 1. The van der Waals surface area contributed by atoms with Crippen LogP contribution >= 0.6 is 0 Å². The summed E-state index contributed by atoms with van der Waals surface area (Å²) in [6.07, 6.45) is 2.53. The number of nitrogens with one attached hydrogen (secondary N) is 1. The Hall–Kier alpha value is -1.39. The molecule has 5 nitrogen and oxygen atoms in total. The van der Waals surface area contributed by atoms with Crippen molar-refractivity contribution in [3.05, 3.63) is 29.8 Å². The van der Waals surface area contributed by atoms with Crippen molar-refractivity contribution in [2.75, 3.05) is 13.7 Å². The molecule has 0 saturated heterocycles. The minimum atomic E-state index is -3.59. The summed E-state index contributed by atoms with van der Waals surface area (Å²) in [7, 11) is -1.99. The average Bonchev–Trinajstić information content (AvgIpc) is 2.92. The molecule has 2 N–H and O–H groups in total. The summed E-state index contributed by atoms with van der Waals surface area (Å²) < 4.78 is 32.8. The van der Waals surface area contributed by atoms with Gasteiger partial charge in [-0.2, -0.15) is 0 Å². The molecule has 0 aliphatic heterocycles. The molecule has 6 heteroatoms. The number of ether oxygens (including phenoxy) is 1. The van der Waals surface area contributed by atoms with Crippen LogP contribution in [0.4, 0.5) is 0 Å². The van der Waals surface area contributed by atoms with Crippen LogP contribution in [0.15, 0.2) is 29.2 Å². The first-order chi connectivity index (χ1) is 10.1. The van der Waals surface area contributed by atoms with Crippen molar-refractivity contribution in [1.82, 2.24) is 4.72 Å². The lowest BCUT2D eigenvalue weighted by atomic mass is 10.2. The molecular weight excluding hydrogens is 290 g/mol. The first kappa shape index (κ1) is 16.0. The van der Waals surface area contributed by atoms with Crippen LogP contribution in [0.2, 0.25) is 0 Å². The fourth-order valence-corrected chi connectivity index (χ4v) is 3.84. The normalized spacial score (nSPS) is 21.8. The van der Waals surface area contributed by atoms with Crippen LogP contribution in [0.25, 0.3) is 0 Å². The monoisotopic (exact) mass is 309 g/mol. The van der Waals surface area contributed by atoms with E-state index < -0.39 is 10.0 Å². The summed E-state index contributed by atoms with van der Waals surface area (Å²) in [5.74, 6) is 5.21. The largest absolute Gasteiger partial charge is 0.384 e. The number of aliphatic hydroxyl groups excluding tert-OH is 1. The van der Waals surface area contributed by atoms with E-state index in [1.807, 2.05) is 0 Å². The Bertz CT molecular complexity index is 645. The highest BCUT2D eigenvalue weighted by Crippen LogP contribution is 2.23. The predicted molar refractivity (Wildman–Crippen MR) is 79.2 cm³/mol. The van der Waals surface area contributed by atoms with Gasteiger partial charge in [0.25, 0.3) is 0 Å². The first-order valence-electron chi connectivity index (χ1n) is 6.82. The maximum Gasteiger partial charge on any atom is 0.240 e. The van der Waals surface area contributed by atoms with E-state index in [-0.39, 0.29) is 23.6 Å². The van der Waals surface area contributed by atoms with Gasteiger partial charge in [0.1, 0.15) is 6.61 Å². The van der Waals surface area contributed by atoms with Crippen molar-refractivity contribution in [3.63, 3.8) is 0 Å². The molecule has 1 aliphatic rings. The van der Waals surface area contributed by atoms with Crippen molar-refractivity contribution in [3.8, 4) is 11.8 Å². The molecule has 2 unspecified atom stereocenters. The predicted octanol–water partition coefficient (Wildman–Crippen LogP) is 0.876. The number of rotatable bonds is 4. The third-order valence-corrected chi connectivity index (χ3v) is 5.01. The lowest BCUT2D eigenvalue weighted by Crippen LogP contribution is -2.40. The zero-order valence-corrected chi connectivity index (χ0v) is 12.7. The Morgan fingerprint density at radius 3 is 2.95 bits per heavy atom. The average molecular weight is 309 g/mol. The molecule has 2 atom stereocenters. The van der Waals surface area contributed by atoms with Crippen LogP contribution in [0.5, 0.6) is 0 Å². The molecule has 0 aromatic heterocycles. The molecule has 0 amide bonds. The molecule has 0 spiro atoms. The highest BCUT2D eigenvalue weighted by atomic mass is 32.2. The van der Waals surface area contributed by atoms with E-state index in [1.54, 1.807) is 19.2 Å². The molecule has 2 rings (SSSR count). The van der Waals surface area contributed by atoms with Gasteiger partial charge in [0, 0.05) is 18.7 Å². The van der Waals surface area contributed by atoms with Gasteiger partial charge in [-0.25, -0.2) is 13.1 Å². The second-order valence-electron chi connectivity index (χ2n) is 4.92. The maximum absolute atomic E-state index is 12.4. The topological polar surface area (TPSA) is 75.6 Å². The van der Waals surface area contributed by atoms with E-state index in [1.165, 1.54) is 12.1 Å². The lowest BCUT2D eigenvalue weighted by Gasteiger charge is -2.19. The number of benzene rings is 1. The summed E-state index contributed by atoms with van der Waals surface area (Å²) >= 11 is 0. The van der Waals surface area contributed by atoms with E-state index >= 15 is 0 Å². The van der Waals surface area contributed by atoms with E-state index in [4.69, 9.17) is 9.84 Å². The molecule has 0 radical (unpaired) electrons. The third kappa shape index (κ3) is 4.05. The van der Waals surface area contributed by atoms with Crippen LogP contribution in [0, 0.1) is 11.8 Å². The second-order valence-corrected chi connectivity index (χ2v) is 6.63. The van der Waals surface area contributed by atoms with Gasteiger partial charge in [0.15, 0.2) is 0 Å². The molecule has 1 aromatic carbocycles. The fourth-order valence-electron chi connectivity index (χ4n) is 2.49. The fraction of sp³-hybridized carbons (Fsp3) is 0.467. The van der Waals surface area contributed by atoms with Crippen molar-refractivity contribution < 1.29 is 18.3 Å². The van der Waals surface area contributed by atoms with Crippen LogP contribution in [0.3, 0.4) is 0 Å². The summed E-state index contributed by atoms with van der Waals surface area (Å²) in [5, 5.41) is 8.68. The van der Waals surface area contributed by atoms with Gasteiger partial charge in [-0.05, 0) is 37.5 Å². The van der Waals surface area contributed by atoms with E-state index in [0.29, 0.717) is 5.56 Å². The van der Waals surface area contributed by atoms with Crippen LogP contribution < -0.4 is 4.72 Å². The van der Waals surface area contributed by atoms with Gasteiger partial charge in [-0.3, -0.25) is 0 Å². The van der Waals surface area contributed by atoms with E-state index in [0.717, 1.165) is 19.3 Å². The van der Waals surface area contributed by atoms with Gasteiger partial charge in [0.2, 0.25) is 10.0 Å². The minimum absolute atomic E-state index is 0.0721. The Morgan fingerprint density at radius 1 is 1.43 bits per heavy atom. The highest BCUT2D eigenvalue weighted by molar-refractivity contribution is 7.89. The van der Waals surface area contributed by atoms with E-state index in [9.17, 15) is 8.42 Å². The first-order valence-corrected chi connectivity index (χ1v) is 8.30. The minimum Gasteiger partial charge on any atom is -0.384 e. The van der Waals surface area contributed by atoms with Crippen LogP contribution in [0.1, 0.15) is 24.8 Å². The molecule has 0 heterocycles. The SMILES string of the molecule is COC1CCCC1NS(=O)(=O)c1cccc(C#CCO)c1. The summed E-state index contributed by atoms with van der Waals surface area (Å²) in [6.45, 7) is -0.257. The molecule has 1 aliphatic carbocycles. The zero-order valence-electron chi connectivity index (χ0n) is 11.9. The van der Waals surface area contributed by atoms with Crippen molar-refractivity contribution in [2.45, 2.75) is 36.3 Å². The number of aliphatic hydroxyl groups is 1. The number of methoxy groups -OCH3 is 1. The quantitative estimate of drug-likeness (QED) is 0.810. The summed E-state index contributed by atoms with van der Waals surface area (Å²) in [5.41, 5.74) is 0.557. The van der Waals surface area contributed by atoms with E-state index in [2.05, 4.69) is 16.6 Å². The molecular formula is C15H19NO4S. The van der Waals surface area contributed by atoms with Crippen LogP contribution in [-0.2, 0) is 14.8 Å². The van der Waals surface area contributed by atoms with Crippen molar-refractivity contribution in [1.29, 1.82) is 0 Å². The molecule has 1 fully saturated rings. The van der Waals surface area contributed by atoms with Crippen molar-refractivity contribution in [2.24, 2.45) is 0 Å². The van der Waals surface area contributed by atoms with Gasteiger partial charge >= 0.3 is 0 Å². The standard InChI is InChI=1S/C15H19NO4S/c1-20-15-9-3-8-14(15)16-21(18,19)13-7-2-5-12(11-13)6-4-10-17/h2,5,7,11,14-17H,3,8-10H2,1H3. The van der Waals surface area contributed by atoms with Gasteiger partial charge in [-0.1, -0.05) is 17.9 Å². The Balaban J connectivity index is 2.19. The highest BCUT2D eigenvalue weighted by Gasteiger charge is 2.31. The number of hydrogen-bond acceptors (Lipinski definition) is 4. The van der Waals surface area contributed by atoms with Gasteiger partial charge in [0.05, 0.1) is 11.0 Å². The van der Waals surface area contributed by atoms with Crippen molar-refractivity contribution >= 4 is 10.0 Å². The zero-order chi connectivity index (χ0) is 15.3. The number of hydrogen-bond donors (Lipinski definition) is 2. The lowest BCUT2D eigenvalue weighted by molar-refractivity contribution is 0.0916. The summed E-state index contributed by atoms with van der Waals surface area (Å²) in [4.78, 5) is 0.175. The molecule has 21 heavy (non-hydrogen) atoms. The Kier molecular flexibility index (Phi) is 5.37. The molecule has 114 valence electrons. The molecule has 0 bridgehead atoms. The van der Waals surface area contributed by atoms with Crippen LogP contribution in [-0.4, -0.2) is 39.4 Å². The summed E-state index contributed by atoms with van der Waals surface area (Å²) in [6, 6.07) is 6.19. The Labute approximate surface area is 125 Å². The molecule has 1 saturated carbocycles. The Morgan fingerprint density at radius 2 is 2.24 bits per heavy atom.